The minimum Gasteiger partial charge on any atom is -0.356 e. The Kier molecular flexibility index (Phi) is 5.19. The van der Waals surface area contributed by atoms with E-state index in [2.05, 4.69) is 32.7 Å². The fraction of sp³-hybridized carbons (Fsp3) is 0.600. The van der Waals surface area contributed by atoms with Crippen LogP contribution in [0.2, 0.25) is 0 Å². The minimum absolute atomic E-state index is 0.604. The second-order valence-electron chi connectivity index (χ2n) is 5.18. The van der Waals surface area contributed by atoms with Gasteiger partial charge in [0.15, 0.2) is 5.96 Å². The molecule has 1 aliphatic carbocycles. The van der Waals surface area contributed by atoms with Gasteiger partial charge in [-0.05, 0) is 37.8 Å². The van der Waals surface area contributed by atoms with Crippen LogP contribution >= 0.6 is 0 Å². The molecule has 0 aliphatic heterocycles. The number of rotatable bonds is 4. The number of aryl methyl sites for hydroxylation is 1. The number of hydrogen-bond acceptors (Lipinski definition) is 2. The summed E-state index contributed by atoms with van der Waals surface area (Å²) in [5.74, 6) is 0.923. The first-order chi connectivity index (χ1) is 9.28. The summed E-state index contributed by atoms with van der Waals surface area (Å²) in [5, 5.41) is 6.85. The smallest absolute Gasteiger partial charge is 0.191 e. The molecule has 2 rings (SSSR count). The Morgan fingerprint density at radius 1 is 1.37 bits per heavy atom. The zero-order valence-electron chi connectivity index (χ0n) is 11.9. The van der Waals surface area contributed by atoms with Gasteiger partial charge in [0.25, 0.3) is 0 Å². The molecule has 0 spiro atoms. The molecule has 1 fully saturated rings. The zero-order chi connectivity index (χ0) is 13.5. The Morgan fingerprint density at radius 3 is 2.79 bits per heavy atom. The van der Waals surface area contributed by atoms with E-state index in [4.69, 9.17) is 0 Å². The van der Waals surface area contributed by atoms with Crippen LogP contribution in [0, 0.1) is 6.92 Å². The highest BCUT2D eigenvalue weighted by Gasteiger charge is 2.15. The van der Waals surface area contributed by atoms with Crippen LogP contribution in [0.25, 0.3) is 0 Å². The number of guanidine groups is 1. The van der Waals surface area contributed by atoms with Gasteiger partial charge in [0.2, 0.25) is 0 Å². The summed E-state index contributed by atoms with van der Waals surface area (Å²) in [6.07, 6.45) is 8.13. The van der Waals surface area contributed by atoms with Crippen LogP contribution in [-0.4, -0.2) is 30.6 Å². The van der Waals surface area contributed by atoms with Crippen molar-refractivity contribution in [3.63, 3.8) is 0 Å². The van der Waals surface area contributed by atoms with E-state index in [-0.39, 0.29) is 0 Å². The van der Waals surface area contributed by atoms with Gasteiger partial charge in [0.05, 0.1) is 0 Å². The van der Waals surface area contributed by atoms with Crippen LogP contribution in [0.4, 0.5) is 0 Å². The molecule has 0 unspecified atom stereocenters. The van der Waals surface area contributed by atoms with Gasteiger partial charge in [0, 0.05) is 31.5 Å². The van der Waals surface area contributed by atoms with Crippen LogP contribution < -0.4 is 10.6 Å². The van der Waals surface area contributed by atoms with Gasteiger partial charge in [-0.1, -0.05) is 18.9 Å². The standard InChI is InChI=1S/C15H24N4/c1-12-7-8-13(11-18-12)9-10-17-15(16-2)19-14-5-3-4-6-14/h7-8,11,14H,3-6,9-10H2,1-2H3,(H2,16,17,19). The van der Waals surface area contributed by atoms with E-state index in [1.54, 1.807) is 0 Å². The van der Waals surface area contributed by atoms with Crippen molar-refractivity contribution >= 4 is 5.96 Å². The predicted octanol–water partition coefficient (Wildman–Crippen LogP) is 2.04. The molecule has 0 radical (unpaired) electrons. The maximum atomic E-state index is 4.31. The molecule has 1 heterocycles. The zero-order valence-corrected chi connectivity index (χ0v) is 11.9. The quantitative estimate of drug-likeness (QED) is 0.643. The van der Waals surface area contributed by atoms with Crippen molar-refractivity contribution in [3.8, 4) is 0 Å². The molecule has 0 aromatic carbocycles. The van der Waals surface area contributed by atoms with Gasteiger partial charge in [-0.25, -0.2) is 0 Å². The second kappa shape index (κ2) is 7.12. The van der Waals surface area contributed by atoms with E-state index in [1.165, 1.54) is 31.2 Å². The van der Waals surface area contributed by atoms with E-state index in [0.29, 0.717) is 6.04 Å². The topological polar surface area (TPSA) is 49.3 Å². The van der Waals surface area contributed by atoms with Gasteiger partial charge < -0.3 is 10.6 Å². The normalized spacial score (nSPS) is 16.6. The summed E-state index contributed by atoms with van der Waals surface area (Å²) in [6, 6.07) is 4.80. The molecule has 0 bridgehead atoms. The van der Waals surface area contributed by atoms with E-state index >= 15 is 0 Å². The first kappa shape index (κ1) is 13.8. The Balaban J connectivity index is 1.72. The Hall–Kier alpha value is -1.58. The minimum atomic E-state index is 0.604. The average molecular weight is 260 g/mol. The van der Waals surface area contributed by atoms with Crippen molar-refractivity contribution in [2.45, 2.75) is 45.1 Å². The molecular weight excluding hydrogens is 236 g/mol. The lowest BCUT2D eigenvalue weighted by Gasteiger charge is -2.16. The highest BCUT2D eigenvalue weighted by atomic mass is 15.2. The molecular formula is C15H24N4. The average Bonchev–Trinajstić information content (AvgIpc) is 2.93. The fourth-order valence-electron chi connectivity index (χ4n) is 2.43. The van der Waals surface area contributed by atoms with Gasteiger partial charge in [-0.15, -0.1) is 0 Å². The lowest BCUT2D eigenvalue weighted by Crippen LogP contribution is -2.43. The molecule has 104 valence electrons. The summed E-state index contributed by atoms with van der Waals surface area (Å²) in [7, 11) is 1.83. The highest BCUT2D eigenvalue weighted by Crippen LogP contribution is 2.17. The number of nitrogens with zero attached hydrogens (tertiary/aromatic N) is 2. The largest absolute Gasteiger partial charge is 0.356 e. The SMILES string of the molecule is CN=C(NCCc1ccc(C)nc1)NC1CCCC1. The van der Waals surface area contributed by atoms with Crippen molar-refractivity contribution < 1.29 is 0 Å². The lowest BCUT2D eigenvalue weighted by atomic mass is 10.2. The highest BCUT2D eigenvalue weighted by molar-refractivity contribution is 5.79. The maximum absolute atomic E-state index is 4.31. The second-order valence-corrected chi connectivity index (χ2v) is 5.18. The third-order valence-electron chi connectivity index (χ3n) is 3.60. The Labute approximate surface area is 115 Å². The number of aromatic nitrogens is 1. The molecule has 1 aliphatic rings. The summed E-state index contributed by atoms with van der Waals surface area (Å²) in [4.78, 5) is 8.58. The number of pyridine rings is 1. The molecule has 0 amide bonds. The predicted molar refractivity (Wildman–Crippen MR) is 79.4 cm³/mol. The molecule has 4 nitrogen and oxygen atoms in total. The van der Waals surface area contributed by atoms with E-state index in [9.17, 15) is 0 Å². The van der Waals surface area contributed by atoms with Crippen LogP contribution in [-0.2, 0) is 6.42 Å². The van der Waals surface area contributed by atoms with Crippen LogP contribution in [0.5, 0.6) is 0 Å². The third-order valence-corrected chi connectivity index (χ3v) is 3.60. The summed E-state index contributed by atoms with van der Waals surface area (Å²) in [5.41, 5.74) is 2.32. The van der Waals surface area contributed by atoms with E-state index in [1.807, 2.05) is 20.2 Å². The van der Waals surface area contributed by atoms with Crippen LogP contribution in [0.3, 0.4) is 0 Å². The van der Waals surface area contributed by atoms with Crippen molar-refractivity contribution in [1.29, 1.82) is 0 Å². The Morgan fingerprint density at radius 2 is 2.16 bits per heavy atom. The Bertz CT molecular complexity index is 405. The molecule has 1 aromatic heterocycles. The lowest BCUT2D eigenvalue weighted by molar-refractivity contribution is 0.613. The van der Waals surface area contributed by atoms with E-state index < -0.39 is 0 Å². The number of aliphatic imine (C=N–C) groups is 1. The molecule has 2 N–H and O–H groups in total. The van der Waals surface area contributed by atoms with Gasteiger partial charge in [0.1, 0.15) is 0 Å². The fourth-order valence-corrected chi connectivity index (χ4v) is 2.43. The first-order valence-corrected chi connectivity index (χ1v) is 7.16. The molecule has 1 aromatic rings. The van der Waals surface area contributed by atoms with Gasteiger partial charge in [-0.2, -0.15) is 0 Å². The summed E-state index contributed by atoms with van der Waals surface area (Å²) >= 11 is 0. The van der Waals surface area contributed by atoms with Crippen molar-refractivity contribution in [3.05, 3.63) is 29.6 Å². The van der Waals surface area contributed by atoms with Crippen molar-refractivity contribution in [2.24, 2.45) is 4.99 Å². The molecule has 19 heavy (non-hydrogen) atoms. The first-order valence-electron chi connectivity index (χ1n) is 7.16. The summed E-state index contributed by atoms with van der Waals surface area (Å²) in [6.45, 7) is 2.90. The van der Waals surface area contributed by atoms with Crippen molar-refractivity contribution in [1.82, 2.24) is 15.6 Å². The van der Waals surface area contributed by atoms with Crippen LogP contribution in [0.1, 0.15) is 36.9 Å². The molecule has 0 saturated heterocycles. The molecule has 4 heteroatoms. The maximum Gasteiger partial charge on any atom is 0.191 e. The monoisotopic (exact) mass is 260 g/mol. The van der Waals surface area contributed by atoms with Crippen LogP contribution in [0.15, 0.2) is 23.3 Å². The summed E-state index contributed by atoms with van der Waals surface area (Å²) < 4.78 is 0. The molecule has 0 atom stereocenters. The van der Waals surface area contributed by atoms with Gasteiger partial charge in [-0.3, -0.25) is 9.98 Å². The number of hydrogen-bond donors (Lipinski definition) is 2. The van der Waals surface area contributed by atoms with E-state index in [0.717, 1.165) is 24.6 Å². The number of nitrogens with one attached hydrogen (secondary N) is 2. The van der Waals surface area contributed by atoms with Gasteiger partial charge >= 0.3 is 0 Å². The third kappa shape index (κ3) is 4.54. The van der Waals surface area contributed by atoms with Crippen molar-refractivity contribution in [2.75, 3.05) is 13.6 Å². The molecule has 1 saturated carbocycles.